The van der Waals surface area contributed by atoms with Crippen LogP contribution in [0.1, 0.15) is 47.2 Å². The van der Waals surface area contributed by atoms with Gasteiger partial charge in [0.15, 0.2) is 8.07 Å². The minimum absolute atomic E-state index is 0.0546. The predicted octanol–water partition coefficient (Wildman–Crippen LogP) is 31.5. The average Bonchev–Trinajstić information content (AvgIpc) is 1.55. The van der Waals surface area contributed by atoms with Crippen molar-refractivity contribution in [3.05, 3.63) is 525 Å². The number of furan rings is 1. The van der Waals surface area contributed by atoms with Gasteiger partial charge in [-0.15, -0.1) is 11.3 Å². The quantitative estimate of drug-likeness (QED) is 0.0631. The van der Waals surface area contributed by atoms with Crippen molar-refractivity contribution in [3.63, 3.8) is 0 Å². The van der Waals surface area contributed by atoms with E-state index in [2.05, 4.69) is 523 Å². The lowest BCUT2D eigenvalue weighted by Gasteiger charge is -2.34. The van der Waals surface area contributed by atoms with E-state index in [9.17, 15) is 0 Å². The third kappa shape index (κ3) is 14.5. The molecule has 0 unspecified atom stereocenters. The van der Waals surface area contributed by atoms with Crippen molar-refractivity contribution in [1.82, 2.24) is 0 Å². The van der Waals surface area contributed by atoms with E-state index < -0.39 is 21.6 Å². The summed E-state index contributed by atoms with van der Waals surface area (Å²) < 4.78 is 9.09. The molecule has 0 saturated heterocycles. The SMILES string of the molecule is CC1(C)c2ccccc2-c2ccc(-c3ccc(N(c4ccc(-c5ccc([Si](c6ccccc6)(c6ccccc6)c6ccccc6)cc5)cc4)c4ccc5c(c4)oc4ccccc45)cc3)cc21.C[Si](C)(C)c1ccc(-c2ccc(N(c3ccc(-c4ccc5c(c4)-c4ccccc4C5(c4ccccc4)c4ccccc4)cc3)c3ccc(-c4ccc5sc6ccccc6c5c4)cc3)cc2)cc1. The zero-order valence-corrected chi connectivity index (χ0v) is 77.8. The topological polar surface area (TPSA) is 19.6 Å². The average molecular weight is 1750 g/mol. The third-order valence-corrected chi connectivity index (χ3v) is 36.0. The van der Waals surface area contributed by atoms with E-state index in [4.69, 9.17) is 4.42 Å². The highest BCUT2D eigenvalue weighted by Gasteiger charge is 2.47. The van der Waals surface area contributed by atoms with Gasteiger partial charge in [0.25, 0.3) is 0 Å². The van der Waals surface area contributed by atoms with Crippen LogP contribution in [-0.4, -0.2) is 16.1 Å². The fourth-order valence-corrected chi connectivity index (χ4v) is 28.3. The number of anilines is 6. The van der Waals surface area contributed by atoms with E-state index in [1.807, 2.05) is 23.5 Å². The van der Waals surface area contributed by atoms with E-state index in [0.717, 1.165) is 56.1 Å². The first kappa shape index (κ1) is 81.9. The molecule has 22 aromatic rings. The number of benzene rings is 20. The first-order valence-corrected chi connectivity index (χ1v) is 52.5. The van der Waals surface area contributed by atoms with Gasteiger partial charge in [-0.25, -0.2) is 0 Å². The number of para-hydroxylation sites is 1. The summed E-state index contributed by atoms with van der Waals surface area (Å²) in [5.41, 5.74) is 33.1. The van der Waals surface area contributed by atoms with E-state index in [1.54, 1.807) is 0 Å². The molecule has 20 aromatic carbocycles. The molecule has 6 heteroatoms. The highest BCUT2D eigenvalue weighted by molar-refractivity contribution is 7.25. The van der Waals surface area contributed by atoms with Crippen LogP contribution in [0, 0.1) is 0 Å². The molecule has 2 aromatic heterocycles. The second kappa shape index (κ2) is 33.8. The van der Waals surface area contributed by atoms with Crippen LogP contribution in [0.4, 0.5) is 34.1 Å². The van der Waals surface area contributed by atoms with Gasteiger partial charge in [-0.05, 0) is 241 Å². The van der Waals surface area contributed by atoms with Gasteiger partial charge >= 0.3 is 0 Å². The van der Waals surface area contributed by atoms with Crippen molar-refractivity contribution in [3.8, 4) is 77.9 Å². The molecule has 0 radical (unpaired) electrons. The number of hydrogen-bond donors (Lipinski definition) is 0. The Balaban J connectivity index is 0.000000151. The number of thiophene rings is 1. The summed E-state index contributed by atoms with van der Waals surface area (Å²) in [6.45, 7) is 11.9. The lowest BCUT2D eigenvalue weighted by molar-refractivity contribution is 0.660. The van der Waals surface area contributed by atoms with E-state index in [-0.39, 0.29) is 5.41 Å². The molecule has 133 heavy (non-hydrogen) atoms. The van der Waals surface area contributed by atoms with Crippen LogP contribution in [0.15, 0.2) is 496 Å². The van der Waals surface area contributed by atoms with Gasteiger partial charge in [0.2, 0.25) is 0 Å². The molecule has 2 heterocycles. The monoisotopic (exact) mass is 1750 g/mol. The van der Waals surface area contributed by atoms with Gasteiger partial charge < -0.3 is 14.2 Å². The summed E-state index contributed by atoms with van der Waals surface area (Å²) in [6, 6.07) is 182. The second-order valence-electron chi connectivity index (χ2n) is 37.0. The third-order valence-electron chi connectivity index (χ3n) is 28.0. The number of hydrogen-bond acceptors (Lipinski definition) is 4. The van der Waals surface area contributed by atoms with Crippen LogP contribution in [0.5, 0.6) is 0 Å². The van der Waals surface area contributed by atoms with Crippen LogP contribution in [0.25, 0.3) is 120 Å². The fraction of sp³-hybridized carbons (Fsp3) is 0.0551. The van der Waals surface area contributed by atoms with Gasteiger partial charge in [-0.1, -0.05) is 415 Å². The van der Waals surface area contributed by atoms with Gasteiger partial charge in [0.05, 0.1) is 13.5 Å². The van der Waals surface area contributed by atoms with Crippen LogP contribution in [0.2, 0.25) is 19.6 Å². The number of fused-ring (bicyclic) bond motifs is 12. The lowest BCUT2D eigenvalue weighted by atomic mass is 9.67. The zero-order chi connectivity index (χ0) is 89.4. The Morgan fingerprint density at radius 2 is 0.556 bits per heavy atom. The second-order valence-corrected chi connectivity index (χ2v) is 46.9. The summed E-state index contributed by atoms with van der Waals surface area (Å²) >= 11 is 1.86. The molecule has 0 bridgehead atoms. The minimum Gasteiger partial charge on any atom is -0.456 e. The van der Waals surface area contributed by atoms with Gasteiger partial charge in [-0.2, -0.15) is 0 Å². The number of rotatable bonds is 18. The molecule has 0 N–H and O–H groups in total. The van der Waals surface area contributed by atoms with Crippen LogP contribution in [0.3, 0.4) is 0 Å². The summed E-state index contributed by atoms with van der Waals surface area (Å²) in [5.74, 6) is 0. The summed E-state index contributed by atoms with van der Waals surface area (Å²) in [6.07, 6.45) is 0. The molecule has 2 aliphatic carbocycles. The van der Waals surface area contributed by atoms with E-state index in [1.165, 1.54) is 157 Å². The Hall–Kier alpha value is -15.5. The molecule has 0 fully saturated rings. The molecule has 0 atom stereocenters. The molecule has 0 aliphatic heterocycles. The molecular weight excluding hydrogens is 1660 g/mol. The Morgan fingerprint density at radius 1 is 0.218 bits per heavy atom. The van der Waals surface area contributed by atoms with E-state index >= 15 is 0 Å². The molecule has 634 valence electrons. The van der Waals surface area contributed by atoms with Crippen LogP contribution >= 0.6 is 11.3 Å². The molecular formula is C127H96N2OSSi2. The van der Waals surface area contributed by atoms with Crippen LogP contribution in [-0.2, 0) is 10.8 Å². The van der Waals surface area contributed by atoms with Crippen LogP contribution < -0.4 is 35.7 Å². The highest BCUT2D eigenvalue weighted by Crippen LogP contribution is 2.58. The first-order valence-electron chi connectivity index (χ1n) is 46.2. The maximum Gasteiger partial charge on any atom is 0.179 e. The van der Waals surface area contributed by atoms with Crippen molar-refractivity contribution in [2.24, 2.45) is 0 Å². The molecule has 2 aliphatic rings. The minimum atomic E-state index is -2.62. The molecule has 0 spiro atoms. The van der Waals surface area contributed by atoms with Crippen molar-refractivity contribution in [2.45, 2.75) is 44.3 Å². The summed E-state index contributed by atoms with van der Waals surface area (Å²) in [7, 11) is -4.00. The zero-order valence-electron chi connectivity index (χ0n) is 75.0. The van der Waals surface area contributed by atoms with Crippen molar-refractivity contribution >= 4 is 130 Å². The largest absolute Gasteiger partial charge is 0.456 e. The smallest absolute Gasteiger partial charge is 0.179 e. The molecule has 3 nitrogen and oxygen atoms in total. The molecule has 24 rings (SSSR count). The Kier molecular flexibility index (Phi) is 20.8. The van der Waals surface area contributed by atoms with Crippen molar-refractivity contribution in [2.75, 3.05) is 9.80 Å². The molecule has 0 saturated carbocycles. The standard InChI is InChI=1S/C64H49NSSi.C63H47NOSi/c1-67(2,3)55-38-28-45(29-39-55)44-22-32-52(33-23-44)65(54-36-26-47(27-37-54)49-31-41-63-59(43-49)57-19-11-13-21-62(57)66-63)53-34-24-46(25-35-53)48-30-40-61-58(42-48)56-18-10-12-20-60(56)64(61,50-14-6-4-7-15-50)51-16-8-5-9-17-51;1-63(2)59-24-14-12-22-55(59)56-40-32-47(42-60(56)63)46-28-35-49(36-29-46)64(50-37-41-58-57-23-13-15-25-61(57)65-62(58)43-50)48-33-26-44(27-34-48)45-30-38-54(39-31-45)66(51-16-6-3-7-17-51,52-18-8-4-9-19-52)53-20-10-5-11-21-53/h4-43H,1-3H3;3-43H,1-2H3. The lowest BCUT2D eigenvalue weighted by Crippen LogP contribution is -2.74. The maximum atomic E-state index is 6.44. The predicted molar refractivity (Wildman–Crippen MR) is 571 cm³/mol. The Morgan fingerprint density at radius 3 is 1.07 bits per heavy atom. The van der Waals surface area contributed by atoms with Crippen molar-refractivity contribution < 1.29 is 4.42 Å². The Labute approximate surface area is 784 Å². The highest BCUT2D eigenvalue weighted by atomic mass is 32.1. The van der Waals surface area contributed by atoms with E-state index in [0.29, 0.717) is 0 Å². The van der Waals surface area contributed by atoms with Gasteiger partial charge in [0.1, 0.15) is 11.2 Å². The Bertz CT molecular complexity index is 7920. The summed E-state index contributed by atoms with van der Waals surface area (Å²) in [5, 5.41) is 11.8. The fourth-order valence-electron chi connectivity index (χ4n) is 21.3. The number of nitrogens with zero attached hydrogens (tertiary/aromatic N) is 2. The van der Waals surface area contributed by atoms with Crippen molar-refractivity contribution in [1.29, 1.82) is 0 Å². The molecule has 0 amide bonds. The summed E-state index contributed by atoms with van der Waals surface area (Å²) in [4.78, 5) is 4.72. The van der Waals surface area contributed by atoms with Gasteiger partial charge in [-0.3, -0.25) is 0 Å². The maximum absolute atomic E-state index is 6.44. The van der Waals surface area contributed by atoms with Gasteiger partial charge in [0, 0.05) is 76.6 Å². The normalized spacial score (nSPS) is 12.8. The first-order chi connectivity index (χ1) is 65.3.